The van der Waals surface area contributed by atoms with Crippen molar-refractivity contribution < 1.29 is 17.3 Å². The summed E-state index contributed by atoms with van der Waals surface area (Å²) >= 11 is 0. The topological polar surface area (TPSA) is 0 Å². The van der Waals surface area contributed by atoms with Crippen molar-refractivity contribution in [1.82, 2.24) is 0 Å². The zero-order valence-electron chi connectivity index (χ0n) is 12.8. The monoisotopic (exact) mass is 318 g/mol. The quantitative estimate of drug-likeness (QED) is 0.232. The normalized spacial score (nSPS) is 13.5. The van der Waals surface area contributed by atoms with Crippen molar-refractivity contribution in [1.29, 1.82) is 0 Å². The van der Waals surface area contributed by atoms with Gasteiger partial charge in [-0.3, -0.25) is 0 Å². The van der Waals surface area contributed by atoms with E-state index in [2.05, 4.69) is 62.4 Å². The van der Waals surface area contributed by atoms with Gasteiger partial charge >= 0.3 is 7.25 Å². The molecular weight excluding hydrogens is 303 g/mol. The maximum absolute atomic E-state index is 9.75. The summed E-state index contributed by atoms with van der Waals surface area (Å²) in [6.45, 7) is 4.49. The molecule has 0 amide bonds. The maximum atomic E-state index is 9.75. The highest BCUT2D eigenvalue weighted by atomic mass is 19.5. The van der Waals surface area contributed by atoms with Crippen LogP contribution in [0.25, 0.3) is 11.1 Å². The summed E-state index contributed by atoms with van der Waals surface area (Å²) in [5.74, 6) is 0.484. The van der Waals surface area contributed by atoms with Crippen molar-refractivity contribution in [2.45, 2.75) is 19.8 Å². The minimum Gasteiger partial charge on any atom is -0.418 e. The van der Waals surface area contributed by atoms with Gasteiger partial charge in [-0.15, -0.1) is 0 Å². The van der Waals surface area contributed by atoms with E-state index in [1.165, 1.54) is 33.4 Å². The molecule has 0 saturated heterocycles. The Kier molecular flexibility index (Phi) is 3.75. The predicted octanol–water partition coefficient (Wildman–Crippen LogP) is 5.92. The molecule has 118 valence electrons. The molecule has 5 heteroatoms. The smallest absolute Gasteiger partial charge is 0.418 e. The Morgan fingerprint density at radius 2 is 1.17 bits per heavy atom. The molecule has 1 aliphatic rings. The van der Waals surface area contributed by atoms with E-state index in [1.54, 1.807) is 5.56 Å². The van der Waals surface area contributed by atoms with Crippen LogP contribution in [0.2, 0.25) is 0 Å². The number of hydrogen-bond acceptors (Lipinski definition) is 0. The fraction of sp³-hybridized carbons (Fsp3) is 0.167. The number of halogens is 4. The van der Waals surface area contributed by atoms with Crippen molar-refractivity contribution >= 4 is 7.25 Å². The molecule has 0 N–H and O–H groups in total. The Balaban J connectivity index is 0.000000276. The van der Waals surface area contributed by atoms with E-state index in [9.17, 15) is 17.3 Å². The number of hydrogen-bond donors (Lipinski definition) is 0. The molecule has 23 heavy (non-hydrogen) atoms. The van der Waals surface area contributed by atoms with Crippen LogP contribution < -0.4 is 0 Å². The average Bonchev–Trinajstić information content (AvgIpc) is 2.94. The van der Waals surface area contributed by atoms with Crippen LogP contribution in [-0.4, -0.2) is 7.25 Å². The van der Waals surface area contributed by atoms with E-state index in [0.29, 0.717) is 5.92 Å². The van der Waals surface area contributed by atoms with E-state index in [-0.39, 0.29) is 0 Å². The molecule has 4 rings (SSSR count). The Bertz CT molecular complexity index is 751. The third-order valence-electron chi connectivity index (χ3n) is 4.43. The van der Waals surface area contributed by atoms with Gasteiger partial charge in [-0.25, -0.2) is 0 Å². The van der Waals surface area contributed by atoms with E-state index < -0.39 is 7.25 Å². The minimum atomic E-state index is -6.00. The second kappa shape index (κ2) is 5.48. The second-order valence-corrected chi connectivity index (χ2v) is 5.77. The third kappa shape index (κ3) is 3.00. The summed E-state index contributed by atoms with van der Waals surface area (Å²) in [4.78, 5) is 0. The summed E-state index contributed by atoms with van der Waals surface area (Å²) in [5.41, 5.74) is 10.4. The average molecular weight is 318 g/mol. The van der Waals surface area contributed by atoms with Crippen LogP contribution in [0.4, 0.5) is 17.3 Å². The summed E-state index contributed by atoms with van der Waals surface area (Å²) in [7, 11) is -6.00. The number of fused-ring (bicyclic) bond motifs is 3. The van der Waals surface area contributed by atoms with E-state index in [0.717, 1.165) is 0 Å². The lowest BCUT2D eigenvalue weighted by Crippen LogP contribution is -2.02. The molecule has 1 aliphatic carbocycles. The number of rotatable bonds is 1. The van der Waals surface area contributed by atoms with E-state index in [4.69, 9.17) is 0 Å². The van der Waals surface area contributed by atoms with Crippen LogP contribution in [-0.2, 0) is 0 Å². The first-order valence-electron chi connectivity index (χ1n) is 7.39. The van der Waals surface area contributed by atoms with Gasteiger partial charge in [0, 0.05) is 13.8 Å². The Labute approximate surface area is 132 Å². The molecule has 0 heterocycles. The van der Waals surface area contributed by atoms with Crippen molar-refractivity contribution in [3.05, 3.63) is 76.3 Å². The molecule has 0 nitrogen and oxygen atoms in total. The minimum absolute atomic E-state index is 0.484. The first-order chi connectivity index (χ1) is 10.8. The molecule has 0 bridgehead atoms. The van der Waals surface area contributed by atoms with Crippen LogP contribution in [0.15, 0.2) is 48.5 Å². The van der Waals surface area contributed by atoms with Gasteiger partial charge < -0.3 is 17.3 Å². The molecular formula is C18H15BF4. The van der Waals surface area contributed by atoms with Crippen molar-refractivity contribution in [3.63, 3.8) is 0 Å². The third-order valence-corrected chi connectivity index (χ3v) is 4.43. The summed E-state index contributed by atoms with van der Waals surface area (Å²) < 4.78 is 39.0. The zero-order valence-corrected chi connectivity index (χ0v) is 12.8. The Hall–Kier alpha value is -2.17. The van der Waals surface area contributed by atoms with Gasteiger partial charge in [-0.05, 0) is 22.3 Å². The van der Waals surface area contributed by atoms with Crippen molar-refractivity contribution in [2.24, 2.45) is 0 Å². The molecule has 0 fully saturated rings. The van der Waals surface area contributed by atoms with Gasteiger partial charge in [0.2, 0.25) is 0 Å². The first-order valence-corrected chi connectivity index (χ1v) is 7.39. The lowest BCUT2D eigenvalue weighted by atomic mass is 9.94. The summed E-state index contributed by atoms with van der Waals surface area (Å²) in [6, 6.07) is 17.7. The molecule has 0 unspecified atom stereocenters. The lowest BCUT2D eigenvalue weighted by molar-refractivity contribution is 0.368. The number of benzene rings is 2. The molecule has 0 radical (unpaired) electrons. The maximum Gasteiger partial charge on any atom is 0.673 e. The highest BCUT2D eigenvalue weighted by Gasteiger charge is 2.44. The molecule has 0 atom stereocenters. The van der Waals surface area contributed by atoms with Crippen LogP contribution in [0.1, 0.15) is 33.7 Å². The first kappa shape index (κ1) is 15.7. The fourth-order valence-corrected chi connectivity index (χ4v) is 3.33. The Morgan fingerprint density at radius 1 is 0.826 bits per heavy atom. The van der Waals surface area contributed by atoms with Crippen molar-refractivity contribution in [2.75, 3.05) is 0 Å². The molecule has 0 spiro atoms. The highest BCUT2D eigenvalue weighted by Crippen LogP contribution is 2.52. The van der Waals surface area contributed by atoms with Gasteiger partial charge in [0.1, 0.15) is 5.92 Å². The van der Waals surface area contributed by atoms with Crippen LogP contribution >= 0.6 is 0 Å². The zero-order chi connectivity index (χ0) is 16.8. The lowest BCUT2D eigenvalue weighted by Gasteiger charge is -2.03. The SMILES string of the molecule is Cc1c(C2c3ccccc3-c3ccccc32)[c+]1C.F[B-](F)(F)F. The predicted molar refractivity (Wildman–Crippen MR) is 85.7 cm³/mol. The highest BCUT2D eigenvalue weighted by molar-refractivity contribution is 6.50. The molecule has 0 aliphatic heterocycles. The standard InChI is InChI=1S/C18H15.BF4/c1-11-12(2)17(11)18-15-9-5-3-7-13(15)14-8-4-6-10-16(14)18;2-1(3,4)5/h3-10,18H,1-2H3;/q+1;-1. The summed E-state index contributed by atoms with van der Waals surface area (Å²) in [6.07, 6.45) is 0. The fourth-order valence-electron chi connectivity index (χ4n) is 3.33. The van der Waals surface area contributed by atoms with E-state index in [1.807, 2.05) is 0 Å². The van der Waals surface area contributed by atoms with Gasteiger partial charge in [-0.2, -0.15) is 0 Å². The van der Waals surface area contributed by atoms with Crippen LogP contribution in [0.5, 0.6) is 0 Å². The van der Waals surface area contributed by atoms with Gasteiger partial charge in [0.25, 0.3) is 0 Å². The van der Waals surface area contributed by atoms with Crippen LogP contribution in [0.3, 0.4) is 0 Å². The van der Waals surface area contributed by atoms with Gasteiger partial charge in [0.15, 0.2) is 16.7 Å². The van der Waals surface area contributed by atoms with Gasteiger partial charge in [0.05, 0.1) is 0 Å². The molecule has 0 saturated carbocycles. The van der Waals surface area contributed by atoms with Crippen LogP contribution in [0, 0.1) is 13.8 Å². The summed E-state index contributed by atoms with van der Waals surface area (Å²) in [5, 5.41) is 0. The van der Waals surface area contributed by atoms with E-state index >= 15 is 0 Å². The van der Waals surface area contributed by atoms with Gasteiger partial charge in [-0.1, -0.05) is 48.5 Å². The second-order valence-electron chi connectivity index (χ2n) is 5.77. The molecule has 0 aromatic heterocycles. The Morgan fingerprint density at radius 3 is 1.52 bits per heavy atom. The van der Waals surface area contributed by atoms with Crippen molar-refractivity contribution in [3.8, 4) is 11.1 Å². The molecule has 3 aromatic carbocycles. The molecule has 3 aromatic rings. The largest absolute Gasteiger partial charge is 0.673 e.